The van der Waals surface area contributed by atoms with Crippen molar-refractivity contribution in [3.8, 4) is 0 Å². The fraction of sp³-hybridized carbons (Fsp3) is 0.286. The van der Waals surface area contributed by atoms with Crippen LogP contribution >= 0.6 is 0 Å². The highest BCUT2D eigenvalue weighted by molar-refractivity contribution is 5.93. The van der Waals surface area contributed by atoms with Gasteiger partial charge in [-0.1, -0.05) is 36.4 Å². The predicted octanol–water partition coefficient (Wildman–Crippen LogP) is 2.25. The number of amides is 1. The van der Waals surface area contributed by atoms with Gasteiger partial charge in [-0.25, -0.2) is 4.98 Å². The third-order valence-electron chi connectivity index (χ3n) is 4.39. The number of aromatic nitrogens is 2. The normalized spacial score (nSPS) is 11.1. The molecule has 2 aromatic heterocycles. The minimum atomic E-state index is -0.380. The fourth-order valence-corrected chi connectivity index (χ4v) is 2.96. The van der Waals surface area contributed by atoms with E-state index >= 15 is 0 Å². The molecule has 27 heavy (non-hydrogen) atoms. The number of hydrogen-bond acceptors (Lipinski definition) is 4. The van der Waals surface area contributed by atoms with Crippen LogP contribution in [0.15, 0.2) is 59.7 Å². The number of aryl methyl sites for hydroxylation is 1. The molecule has 3 aromatic rings. The summed E-state index contributed by atoms with van der Waals surface area (Å²) in [5.74, 6) is -0.380. The van der Waals surface area contributed by atoms with E-state index in [0.29, 0.717) is 12.2 Å². The van der Waals surface area contributed by atoms with Gasteiger partial charge in [0.25, 0.3) is 11.5 Å². The summed E-state index contributed by atoms with van der Waals surface area (Å²) in [5.41, 5.74) is 2.45. The second-order valence-electron chi connectivity index (χ2n) is 6.74. The Hall–Kier alpha value is -2.99. The highest BCUT2D eigenvalue weighted by atomic mass is 16.2. The average Bonchev–Trinajstić information content (AvgIpc) is 2.66. The number of nitrogens with zero attached hydrogens (tertiary/aromatic N) is 3. The molecule has 1 aromatic carbocycles. The molecule has 6 heteroatoms. The van der Waals surface area contributed by atoms with Crippen LogP contribution in [0.4, 0.5) is 0 Å². The van der Waals surface area contributed by atoms with Crippen molar-refractivity contribution in [3.63, 3.8) is 0 Å². The molecule has 0 fully saturated rings. The van der Waals surface area contributed by atoms with Crippen LogP contribution in [0.5, 0.6) is 0 Å². The van der Waals surface area contributed by atoms with Gasteiger partial charge in [0.1, 0.15) is 11.2 Å². The van der Waals surface area contributed by atoms with Gasteiger partial charge in [-0.3, -0.25) is 14.0 Å². The molecule has 0 saturated heterocycles. The van der Waals surface area contributed by atoms with Crippen LogP contribution in [0, 0.1) is 6.92 Å². The van der Waals surface area contributed by atoms with Gasteiger partial charge in [0.2, 0.25) is 0 Å². The van der Waals surface area contributed by atoms with Crippen molar-refractivity contribution < 1.29 is 4.79 Å². The molecule has 1 amide bonds. The summed E-state index contributed by atoms with van der Waals surface area (Å²) in [6, 6.07) is 13.9. The molecular weight excluding hydrogens is 340 g/mol. The van der Waals surface area contributed by atoms with Gasteiger partial charge >= 0.3 is 0 Å². The zero-order chi connectivity index (χ0) is 19.2. The lowest BCUT2D eigenvalue weighted by Crippen LogP contribution is -2.33. The Morgan fingerprint density at radius 2 is 1.96 bits per heavy atom. The Morgan fingerprint density at radius 1 is 1.19 bits per heavy atom. The van der Waals surface area contributed by atoms with Gasteiger partial charge in [0.15, 0.2) is 0 Å². The molecule has 0 aliphatic heterocycles. The highest BCUT2D eigenvalue weighted by Gasteiger charge is 2.13. The van der Waals surface area contributed by atoms with Gasteiger partial charge in [-0.05, 0) is 44.1 Å². The van der Waals surface area contributed by atoms with Crippen molar-refractivity contribution in [2.24, 2.45) is 0 Å². The smallest absolute Gasteiger partial charge is 0.270 e. The summed E-state index contributed by atoms with van der Waals surface area (Å²) in [7, 11) is 2.05. The first-order valence-electron chi connectivity index (χ1n) is 9.03. The van der Waals surface area contributed by atoms with Crippen LogP contribution < -0.4 is 10.9 Å². The first-order chi connectivity index (χ1) is 13.0. The molecule has 3 rings (SSSR count). The molecule has 0 bridgehead atoms. The lowest BCUT2D eigenvalue weighted by Gasteiger charge is -2.16. The van der Waals surface area contributed by atoms with E-state index in [1.54, 1.807) is 12.3 Å². The first kappa shape index (κ1) is 18.8. The minimum absolute atomic E-state index is 0.0655. The minimum Gasteiger partial charge on any atom is -0.352 e. The third-order valence-corrected chi connectivity index (χ3v) is 4.39. The SMILES string of the molecule is Cc1ccc2ncc(C(=O)NCCCN(C)Cc3ccccc3)c(=O)n2c1. The van der Waals surface area contributed by atoms with E-state index in [-0.39, 0.29) is 17.0 Å². The first-order valence-corrected chi connectivity index (χ1v) is 9.03. The van der Waals surface area contributed by atoms with E-state index < -0.39 is 0 Å². The third kappa shape index (κ3) is 4.80. The molecule has 0 saturated carbocycles. The van der Waals surface area contributed by atoms with Gasteiger partial charge in [-0.15, -0.1) is 0 Å². The van der Waals surface area contributed by atoms with Crippen molar-refractivity contribution in [2.75, 3.05) is 20.1 Å². The molecule has 0 spiro atoms. The predicted molar refractivity (Wildman–Crippen MR) is 106 cm³/mol. The Bertz CT molecular complexity index is 982. The Labute approximate surface area is 158 Å². The maximum Gasteiger partial charge on any atom is 0.270 e. The van der Waals surface area contributed by atoms with E-state index in [2.05, 4.69) is 34.4 Å². The summed E-state index contributed by atoms with van der Waals surface area (Å²) >= 11 is 0. The van der Waals surface area contributed by atoms with E-state index in [1.165, 1.54) is 16.2 Å². The molecule has 0 radical (unpaired) electrons. The number of nitrogens with one attached hydrogen (secondary N) is 1. The van der Waals surface area contributed by atoms with Crippen LogP contribution in [0.2, 0.25) is 0 Å². The number of benzene rings is 1. The van der Waals surface area contributed by atoms with Crippen molar-refractivity contribution >= 4 is 11.6 Å². The summed E-state index contributed by atoms with van der Waals surface area (Å²) in [4.78, 5) is 31.3. The standard InChI is InChI=1S/C21H24N4O2/c1-16-9-10-19-23-13-18(21(27)25(19)14-16)20(26)22-11-6-12-24(2)15-17-7-4-3-5-8-17/h3-5,7-10,13-14H,6,11-12,15H2,1-2H3,(H,22,26). The molecule has 1 N–H and O–H groups in total. The number of rotatable bonds is 7. The van der Waals surface area contributed by atoms with E-state index in [4.69, 9.17) is 0 Å². The summed E-state index contributed by atoms with van der Waals surface area (Å²) in [6.45, 7) is 4.12. The molecule has 6 nitrogen and oxygen atoms in total. The van der Waals surface area contributed by atoms with Gasteiger partial charge in [0.05, 0.1) is 0 Å². The number of fused-ring (bicyclic) bond motifs is 1. The van der Waals surface area contributed by atoms with E-state index in [0.717, 1.165) is 25.1 Å². The Kier molecular flexibility index (Phi) is 5.98. The molecule has 0 aliphatic rings. The van der Waals surface area contributed by atoms with Crippen molar-refractivity contribution in [1.29, 1.82) is 0 Å². The largest absolute Gasteiger partial charge is 0.352 e. The number of hydrogen-bond donors (Lipinski definition) is 1. The average molecular weight is 364 g/mol. The quantitative estimate of drug-likeness (QED) is 0.653. The molecule has 140 valence electrons. The van der Waals surface area contributed by atoms with Gasteiger partial charge in [0, 0.05) is 25.5 Å². The van der Waals surface area contributed by atoms with Crippen molar-refractivity contribution in [3.05, 3.63) is 81.9 Å². The summed E-state index contributed by atoms with van der Waals surface area (Å²) in [6.07, 6.45) is 3.85. The monoisotopic (exact) mass is 364 g/mol. The van der Waals surface area contributed by atoms with Gasteiger partial charge < -0.3 is 10.2 Å². The van der Waals surface area contributed by atoms with Crippen LogP contribution in [0.1, 0.15) is 27.9 Å². The zero-order valence-electron chi connectivity index (χ0n) is 15.7. The second-order valence-corrected chi connectivity index (χ2v) is 6.74. The maximum absolute atomic E-state index is 12.5. The Balaban J connectivity index is 1.53. The van der Waals surface area contributed by atoms with Gasteiger partial charge in [-0.2, -0.15) is 0 Å². The molecule has 0 atom stereocenters. The Morgan fingerprint density at radius 3 is 2.74 bits per heavy atom. The van der Waals surface area contributed by atoms with E-state index in [9.17, 15) is 9.59 Å². The summed E-state index contributed by atoms with van der Waals surface area (Å²) < 4.78 is 1.41. The fourth-order valence-electron chi connectivity index (χ4n) is 2.96. The molecule has 0 aliphatic carbocycles. The van der Waals surface area contributed by atoms with Crippen LogP contribution in [0.25, 0.3) is 5.65 Å². The van der Waals surface area contributed by atoms with E-state index in [1.807, 2.05) is 31.2 Å². The van der Waals surface area contributed by atoms with Crippen LogP contribution in [-0.4, -0.2) is 40.3 Å². The number of carbonyl (C=O) groups is 1. The zero-order valence-corrected chi connectivity index (χ0v) is 15.7. The summed E-state index contributed by atoms with van der Waals surface area (Å²) in [5, 5.41) is 2.82. The lowest BCUT2D eigenvalue weighted by atomic mass is 10.2. The number of pyridine rings is 1. The van der Waals surface area contributed by atoms with Crippen molar-refractivity contribution in [1.82, 2.24) is 19.6 Å². The molecule has 0 unspecified atom stereocenters. The number of carbonyl (C=O) groups excluding carboxylic acids is 1. The molecular formula is C21H24N4O2. The lowest BCUT2D eigenvalue weighted by molar-refractivity contribution is 0.0950. The highest BCUT2D eigenvalue weighted by Crippen LogP contribution is 2.03. The second kappa shape index (κ2) is 8.60. The van der Waals surface area contributed by atoms with Crippen LogP contribution in [-0.2, 0) is 6.54 Å². The van der Waals surface area contributed by atoms with Crippen LogP contribution in [0.3, 0.4) is 0 Å². The maximum atomic E-state index is 12.5. The van der Waals surface area contributed by atoms with Crippen molar-refractivity contribution in [2.45, 2.75) is 19.9 Å². The molecule has 2 heterocycles. The topological polar surface area (TPSA) is 66.7 Å².